The number of anilines is 2. The molecule has 88 valence electrons. The van der Waals surface area contributed by atoms with Crippen molar-refractivity contribution in [1.82, 2.24) is 0 Å². The average molecular weight is 222 g/mol. The molecule has 4 nitrogen and oxygen atoms in total. The number of nitrogens with two attached hydrogens (primary N) is 1. The van der Waals surface area contributed by atoms with Gasteiger partial charge in [-0.3, -0.25) is 0 Å². The Morgan fingerprint density at radius 1 is 1.50 bits per heavy atom. The van der Waals surface area contributed by atoms with Gasteiger partial charge in [-0.2, -0.15) is 0 Å². The van der Waals surface area contributed by atoms with Crippen molar-refractivity contribution in [3.8, 4) is 5.75 Å². The van der Waals surface area contributed by atoms with E-state index in [1.165, 1.54) is 0 Å². The minimum absolute atomic E-state index is 0.579. The molecule has 3 N–H and O–H groups in total. The highest BCUT2D eigenvalue weighted by atomic mass is 16.5. The zero-order chi connectivity index (χ0) is 11.8. The Morgan fingerprint density at radius 3 is 2.75 bits per heavy atom. The van der Waals surface area contributed by atoms with Crippen LogP contribution in [-0.4, -0.2) is 30.4 Å². The van der Waals surface area contributed by atoms with Crippen LogP contribution in [0, 0.1) is 0 Å². The third-order valence-electron chi connectivity index (χ3n) is 2.69. The second-order valence-corrected chi connectivity index (χ2v) is 4.51. The van der Waals surface area contributed by atoms with Gasteiger partial charge in [-0.1, -0.05) is 0 Å². The predicted molar refractivity (Wildman–Crippen MR) is 64.9 cm³/mol. The lowest BCUT2D eigenvalue weighted by atomic mass is 9.96. The molecular weight excluding hydrogens is 204 g/mol. The molecule has 1 saturated heterocycles. The van der Waals surface area contributed by atoms with Crippen molar-refractivity contribution in [1.29, 1.82) is 0 Å². The maximum Gasteiger partial charge on any atom is 0.144 e. The van der Waals surface area contributed by atoms with Crippen molar-refractivity contribution in [3.05, 3.63) is 18.2 Å². The Labute approximate surface area is 95.6 Å². The van der Waals surface area contributed by atoms with Crippen molar-refractivity contribution >= 4 is 11.4 Å². The molecule has 1 aliphatic heterocycles. The van der Waals surface area contributed by atoms with Crippen LogP contribution >= 0.6 is 0 Å². The van der Waals surface area contributed by atoms with Crippen LogP contribution in [0.25, 0.3) is 0 Å². The summed E-state index contributed by atoms with van der Waals surface area (Å²) >= 11 is 0. The van der Waals surface area contributed by atoms with Gasteiger partial charge in [0, 0.05) is 24.8 Å². The van der Waals surface area contributed by atoms with Crippen LogP contribution in [0.1, 0.15) is 13.8 Å². The highest BCUT2D eigenvalue weighted by Crippen LogP contribution is 2.36. The van der Waals surface area contributed by atoms with Crippen LogP contribution in [0.2, 0.25) is 0 Å². The van der Waals surface area contributed by atoms with Crippen molar-refractivity contribution in [3.63, 3.8) is 0 Å². The van der Waals surface area contributed by atoms with Crippen LogP contribution in [0.15, 0.2) is 18.2 Å². The molecule has 0 saturated carbocycles. The molecule has 1 aliphatic rings. The van der Waals surface area contributed by atoms with E-state index in [1.807, 2.05) is 32.0 Å². The highest BCUT2D eigenvalue weighted by Gasteiger charge is 2.37. The number of β-amino-alcohol motifs (C(OH)–C–C–N with tert-alkyl or cyclic N) is 1. The van der Waals surface area contributed by atoms with Crippen LogP contribution in [0.4, 0.5) is 11.4 Å². The zero-order valence-electron chi connectivity index (χ0n) is 9.73. The van der Waals surface area contributed by atoms with E-state index in [9.17, 15) is 5.11 Å². The third-order valence-corrected chi connectivity index (χ3v) is 2.69. The fraction of sp³-hybridized carbons (Fsp3) is 0.500. The van der Waals surface area contributed by atoms with E-state index in [-0.39, 0.29) is 0 Å². The lowest BCUT2D eigenvalue weighted by molar-refractivity contribution is 0.0307. The van der Waals surface area contributed by atoms with Gasteiger partial charge in [0.2, 0.25) is 0 Å². The fourth-order valence-electron chi connectivity index (χ4n) is 2.01. The Bertz CT molecular complexity index is 383. The summed E-state index contributed by atoms with van der Waals surface area (Å²) in [6.45, 7) is 5.66. The minimum atomic E-state index is -0.579. The SMILES string of the molecule is CCOc1cc(N)ccc1N1CC(C)(O)C1. The first-order valence-electron chi connectivity index (χ1n) is 5.51. The molecule has 16 heavy (non-hydrogen) atoms. The second-order valence-electron chi connectivity index (χ2n) is 4.51. The Kier molecular flexibility index (Phi) is 2.68. The van der Waals surface area contributed by atoms with Gasteiger partial charge in [0.1, 0.15) is 5.75 Å². The molecule has 1 aromatic rings. The molecule has 0 unspecified atom stereocenters. The molecule has 0 aromatic heterocycles. The van der Waals surface area contributed by atoms with Crippen LogP contribution in [-0.2, 0) is 0 Å². The van der Waals surface area contributed by atoms with Gasteiger partial charge in [0.05, 0.1) is 17.9 Å². The van der Waals surface area contributed by atoms with Crippen molar-refractivity contribution in [2.45, 2.75) is 19.4 Å². The summed E-state index contributed by atoms with van der Waals surface area (Å²) in [6.07, 6.45) is 0. The fourth-order valence-corrected chi connectivity index (χ4v) is 2.01. The Hall–Kier alpha value is -1.42. The third kappa shape index (κ3) is 2.07. The summed E-state index contributed by atoms with van der Waals surface area (Å²) < 4.78 is 5.54. The summed E-state index contributed by atoms with van der Waals surface area (Å²) in [5.74, 6) is 0.790. The smallest absolute Gasteiger partial charge is 0.144 e. The van der Waals surface area contributed by atoms with Crippen LogP contribution < -0.4 is 15.4 Å². The maximum atomic E-state index is 9.71. The normalized spacial score (nSPS) is 18.1. The molecule has 4 heteroatoms. The number of aliphatic hydroxyl groups is 1. The van der Waals surface area contributed by atoms with E-state index >= 15 is 0 Å². The summed E-state index contributed by atoms with van der Waals surface area (Å²) in [6, 6.07) is 5.62. The lowest BCUT2D eigenvalue weighted by Gasteiger charge is -2.46. The predicted octanol–water partition coefficient (Wildman–Crippen LogP) is 1.24. The number of hydrogen-bond acceptors (Lipinski definition) is 4. The summed E-state index contributed by atoms with van der Waals surface area (Å²) in [7, 11) is 0. The molecule has 1 aromatic carbocycles. The topological polar surface area (TPSA) is 58.7 Å². The van der Waals surface area contributed by atoms with E-state index in [0.717, 1.165) is 11.4 Å². The van der Waals surface area contributed by atoms with Crippen molar-refractivity contribution in [2.24, 2.45) is 0 Å². The standard InChI is InChI=1S/C12H18N2O2/c1-3-16-11-6-9(13)4-5-10(11)14-7-12(2,15)8-14/h4-6,15H,3,7-8,13H2,1-2H3. The minimum Gasteiger partial charge on any atom is -0.492 e. The van der Waals surface area contributed by atoms with Gasteiger partial charge in [-0.25, -0.2) is 0 Å². The first-order chi connectivity index (χ1) is 7.52. The van der Waals surface area contributed by atoms with Gasteiger partial charge in [0.15, 0.2) is 0 Å². The average Bonchev–Trinajstić information content (AvgIpc) is 2.15. The second kappa shape index (κ2) is 3.87. The molecule has 0 radical (unpaired) electrons. The lowest BCUT2D eigenvalue weighted by Crippen LogP contribution is -2.60. The molecule has 1 heterocycles. The Morgan fingerprint density at radius 2 is 2.19 bits per heavy atom. The highest BCUT2D eigenvalue weighted by molar-refractivity contribution is 5.65. The monoisotopic (exact) mass is 222 g/mol. The van der Waals surface area contributed by atoms with E-state index in [1.54, 1.807) is 0 Å². The molecule has 1 fully saturated rings. The van der Waals surface area contributed by atoms with E-state index in [2.05, 4.69) is 4.90 Å². The number of hydrogen-bond donors (Lipinski definition) is 2. The van der Waals surface area contributed by atoms with E-state index in [0.29, 0.717) is 25.4 Å². The molecule has 0 atom stereocenters. The first-order valence-corrected chi connectivity index (χ1v) is 5.51. The molecule has 0 bridgehead atoms. The maximum absolute atomic E-state index is 9.71. The van der Waals surface area contributed by atoms with Crippen molar-refractivity contribution in [2.75, 3.05) is 30.3 Å². The van der Waals surface area contributed by atoms with Crippen LogP contribution in [0.5, 0.6) is 5.75 Å². The van der Waals surface area contributed by atoms with Crippen LogP contribution in [0.3, 0.4) is 0 Å². The zero-order valence-corrected chi connectivity index (χ0v) is 9.73. The molecule has 0 aliphatic carbocycles. The number of benzene rings is 1. The number of nitrogen functional groups attached to an aromatic ring is 1. The van der Waals surface area contributed by atoms with Gasteiger partial charge in [0.25, 0.3) is 0 Å². The molecule has 2 rings (SSSR count). The largest absolute Gasteiger partial charge is 0.492 e. The molecule has 0 amide bonds. The molecule has 0 spiro atoms. The summed E-state index contributed by atoms with van der Waals surface area (Å²) in [4.78, 5) is 2.09. The summed E-state index contributed by atoms with van der Waals surface area (Å²) in [5, 5.41) is 9.71. The number of ether oxygens (including phenoxy) is 1. The first kappa shape index (κ1) is 11.1. The van der Waals surface area contributed by atoms with Gasteiger partial charge in [-0.15, -0.1) is 0 Å². The summed E-state index contributed by atoms with van der Waals surface area (Å²) in [5.41, 5.74) is 6.84. The Balaban J connectivity index is 2.20. The van der Waals surface area contributed by atoms with Crippen molar-refractivity contribution < 1.29 is 9.84 Å². The van der Waals surface area contributed by atoms with E-state index in [4.69, 9.17) is 10.5 Å². The number of rotatable bonds is 3. The number of nitrogens with zero attached hydrogens (tertiary/aromatic N) is 1. The van der Waals surface area contributed by atoms with Gasteiger partial charge >= 0.3 is 0 Å². The van der Waals surface area contributed by atoms with E-state index < -0.39 is 5.60 Å². The van der Waals surface area contributed by atoms with Gasteiger partial charge in [-0.05, 0) is 26.0 Å². The van der Waals surface area contributed by atoms with Gasteiger partial charge < -0.3 is 20.5 Å². The quantitative estimate of drug-likeness (QED) is 0.755. The molecular formula is C12H18N2O2.